The predicted molar refractivity (Wildman–Crippen MR) is 69.5 cm³/mol. The van der Waals surface area contributed by atoms with Crippen molar-refractivity contribution in [2.45, 2.75) is 36.6 Å². The molecule has 1 unspecified atom stereocenters. The van der Waals surface area contributed by atoms with Gasteiger partial charge >= 0.3 is 5.97 Å². The summed E-state index contributed by atoms with van der Waals surface area (Å²) in [7, 11) is 0. The number of ether oxygens (including phenoxy) is 1. The maximum Gasteiger partial charge on any atom is 0.356 e. The Labute approximate surface area is 117 Å². The van der Waals surface area contributed by atoms with Crippen LogP contribution < -0.4 is 0 Å². The van der Waals surface area contributed by atoms with Crippen LogP contribution in [0.5, 0.6) is 0 Å². The van der Waals surface area contributed by atoms with Crippen molar-refractivity contribution in [3.63, 3.8) is 0 Å². The summed E-state index contributed by atoms with van der Waals surface area (Å²) in [6.07, 6.45) is 1.74. The Hall–Kier alpha value is -0.0300. The second-order valence-corrected chi connectivity index (χ2v) is 5.86. The Bertz CT molecular complexity index is 309. The van der Waals surface area contributed by atoms with Gasteiger partial charge < -0.3 is 15.3 Å². The molecule has 1 rings (SSSR count). The van der Waals surface area contributed by atoms with Gasteiger partial charge in [0.05, 0.1) is 7.47 Å². The number of carboxylic acids is 1. The number of carbonyl (C=O) groups is 1. The standard InChI is InChI=1S/C8H15NO.C2HCl3O2/c1-3-8-7(6(2)9)4-5-10-8;3-2(4,5)1(6)7/h7-9H,3-5H2,1-2H3;(H,6,7)/t7?,8-;/m1./s1/i5T;/t5-,7?,8+;/m0.. The molecule has 1 fully saturated rings. The lowest BCUT2D eigenvalue weighted by molar-refractivity contribution is -0.135. The van der Waals surface area contributed by atoms with Gasteiger partial charge in [-0.15, -0.1) is 0 Å². The van der Waals surface area contributed by atoms with E-state index in [1.54, 1.807) is 6.92 Å². The predicted octanol–water partition coefficient (Wildman–Crippen LogP) is 3.28. The van der Waals surface area contributed by atoms with E-state index < -0.39 is 16.3 Å². The molecule has 1 saturated heterocycles. The van der Waals surface area contributed by atoms with Crippen LogP contribution in [-0.2, 0) is 9.53 Å². The minimum atomic E-state index is -2.17. The minimum Gasteiger partial charge on any atom is -0.478 e. The van der Waals surface area contributed by atoms with Crippen LogP contribution in [0, 0.1) is 11.3 Å². The molecular weight excluding hydrogens is 288 g/mol. The van der Waals surface area contributed by atoms with Gasteiger partial charge in [0.25, 0.3) is 3.79 Å². The molecule has 0 aromatic carbocycles. The third-order valence-electron chi connectivity index (χ3n) is 2.27. The SMILES string of the molecule is O=C(O)C(Cl)(Cl)Cl.[3H][C@H]1CC(C(C)=N)[C@@H](CC)O1. The fourth-order valence-corrected chi connectivity index (χ4v) is 1.37. The molecule has 4 nitrogen and oxygen atoms in total. The molecule has 1 aliphatic heterocycles. The molecular formula is C10H16Cl3NO3. The van der Waals surface area contributed by atoms with Crippen molar-refractivity contribution in [3.8, 4) is 0 Å². The fourth-order valence-electron chi connectivity index (χ4n) is 1.37. The van der Waals surface area contributed by atoms with Crippen LogP contribution in [0.3, 0.4) is 0 Å². The van der Waals surface area contributed by atoms with Gasteiger partial charge in [-0.2, -0.15) is 0 Å². The van der Waals surface area contributed by atoms with Crippen LogP contribution in [0.1, 0.15) is 28.1 Å². The van der Waals surface area contributed by atoms with Gasteiger partial charge in [0, 0.05) is 18.2 Å². The molecule has 7 heteroatoms. The van der Waals surface area contributed by atoms with Gasteiger partial charge in [0.15, 0.2) is 0 Å². The summed E-state index contributed by atoms with van der Waals surface area (Å²) in [6.45, 7) is 3.44. The molecule has 1 heterocycles. The molecule has 0 aromatic rings. The fraction of sp³-hybridized carbons (Fsp3) is 0.800. The Balaban J connectivity index is 0.000000360. The van der Waals surface area contributed by atoms with Crippen molar-refractivity contribution in [2.75, 3.05) is 6.58 Å². The van der Waals surface area contributed by atoms with E-state index in [2.05, 4.69) is 0 Å². The zero-order valence-corrected chi connectivity index (χ0v) is 11.8. The van der Waals surface area contributed by atoms with Crippen molar-refractivity contribution in [1.29, 1.82) is 5.41 Å². The number of nitrogens with one attached hydrogen (secondary N) is 1. The van der Waals surface area contributed by atoms with Crippen molar-refractivity contribution in [1.82, 2.24) is 0 Å². The lowest BCUT2D eigenvalue weighted by atomic mass is 9.95. The van der Waals surface area contributed by atoms with E-state index in [1.807, 2.05) is 6.92 Å². The van der Waals surface area contributed by atoms with Crippen molar-refractivity contribution < 1.29 is 16.0 Å². The molecule has 100 valence electrons. The van der Waals surface area contributed by atoms with Crippen LogP contribution >= 0.6 is 34.8 Å². The Morgan fingerprint density at radius 2 is 2.12 bits per heavy atom. The Kier molecular flexibility index (Phi) is 6.55. The summed E-state index contributed by atoms with van der Waals surface area (Å²) in [4.78, 5) is 9.62. The van der Waals surface area contributed by atoms with Gasteiger partial charge in [-0.25, -0.2) is 4.79 Å². The molecule has 0 spiro atoms. The van der Waals surface area contributed by atoms with Crippen molar-refractivity contribution in [2.24, 2.45) is 5.92 Å². The molecule has 0 aromatic heterocycles. The number of aliphatic carboxylic acids is 1. The summed E-state index contributed by atoms with van der Waals surface area (Å²) in [5, 5.41) is 15.3. The highest BCUT2D eigenvalue weighted by molar-refractivity contribution is 6.75. The van der Waals surface area contributed by atoms with E-state index in [4.69, 9.17) is 51.4 Å². The number of alkyl halides is 3. The van der Waals surface area contributed by atoms with E-state index >= 15 is 0 Å². The van der Waals surface area contributed by atoms with Crippen LogP contribution in [0.15, 0.2) is 0 Å². The molecule has 0 aliphatic carbocycles. The summed E-state index contributed by atoms with van der Waals surface area (Å²) in [5.74, 6) is -1.26. The van der Waals surface area contributed by atoms with Gasteiger partial charge in [0.2, 0.25) is 0 Å². The molecule has 0 radical (unpaired) electrons. The van der Waals surface area contributed by atoms with Gasteiger partial charge in [0.1, 0.15) is 0 Å². The maximum absolute atomic E-state index is 9.62. The van der Waals surface area contributed by atoms with Gasteiger partial charge in [-0.1, -0.05) is 41.7 Å². The average Bonchev–Trinajstić information content (AvgIpc) is 2.59. The summed E-state index contributed by atoms with van der Waals surface area (Å²) < 4.78 is 10.5. The monoisotopic (exact) mass is 305 g/mol. The van der Waals surface area contributed by atoms with Gasteiger partial charge in [-0.3, -0.25) is 0 Å². The van der Waals surface area contributed by atoms with E-state index in [0.717, 1.165) is 6.42 Å². The molecule has 3 atom stereocenters. The highest BCUT2D eigenvalue weighted by Gasteiger charge is 2.29. The van der Waals surface area contributed by atoms with Crippen LogP contribution in [0.2, 0.25) is 0 Å². The number of rotatable bonds is 2. The van der Waals surface area contributed by atoms with E-state index in [0.29, 0.717) is 12.1 Å². The zero-order valence-electron chi connectivity index (χ0n) is 10.5. The van der Waals surface area contributed by atoms with E-state index in [9.17, 15) is 4.79 Å². The molecule has 17 heavy (non-hydrogen) atoms. The Morgan fingerprint density at radius 1 is 1.65 bits per heavy atom. The van der Waals surface area contributed by atoms with Gasteiger partial charge in [-0.05, 0) is 19.8 Å². The molecule has 2 N–H and O–H groups in total. The average molecular weight is 307 g/mol. The summed E-state index contributed by atoms with van der Waals surface area (Å²) in [6, 6.07) is 0. The first-order valence-corrected chi connectivity index (χ1v) is 6.15. The third-order valence-corrected chi connectivity index (χ3v) is 2.76. The summed E-state index contributed by atoms with van der Waals surface area (Å²) in [5.41, 5.74) is 0.659. The Morgan fingerprint density at radius 3 is 2.35 bits per heavy atom. The molecule has 0 amide bonds. The van der Waals surface area contributed by atoms with E-state index in [1.165, 1.54) is 0 Å². The normalized spacial score (nSPS) is 29.0. The minimum absolute atomic E-state index is 0.120. The molecule has 1 aliphatic rings. The first-order valence-electron chi connectivity index (χ1n) is 5.60. The lowest BCUT2D eigenvalue weighted by Crippen LogP contribution is -2.20. The number of carboxylic acid groups (broad SMARTS) is 1. The quantitative estimate of drug-likeness (QED) is 0.607. The summed E-state index contributed by atoms with van der Waals surface area (Å²) >= 11 is 14.4. The van der Waals surface area contributed by atoms with E-state index in [-0.39, 0.29) is 12.0 Å². The third kappa shape index (κ3) is 6.46. The topological polar surface area (TPSA) is 70.4 Å². The van der Waals surface area contributed by atoms with Crippen LogP contribution in [-0.4, -0.2) is 33.3 Å². The highest BCUT2D eigenvalue weighted by atomic mass is 35.6. The molecule has 0 bridgehead atoms. The van der Waals surface area contributed by atoms with Crippen molar-refractivity contribution >= 4 is 46.5 Å². The largest absolute Gasteiger partial charge is 0.478 e. The van der Waals surface area contributed by atoms with Crippen LogP contribution in [0.4, 0.5) is 0 Å². The number of hydrogen-bond donors (Lipinski definition) is 2. The lowest BCUT2D eigenvalue weighted by Gasteiger charge is -2.14. The van der Waals surface area contributed by atoms with Crippen LogP contribution in [0.25, 0.3) is 0 Å². The number of halogens is 3. The van der Waals surface area contributed by atoms with Crippen molar-refractivity contribution in [3.05, 3.63) is 0 Å². The first-order chi connectivity index (χ1) is 8.09. The maximum atomic E-state index is 9.62. The molecule has 0 saturated carbocycles. The second-order valence-electron chi connectivity index (χ2n) is 3.58. The second kappa shape index (κ2) is 7.41. The first kappa shape index (κ1) is 15.0. The smallest absolute Gasteiger partial charge is 0.356 e. The zero-order chi connectivity index (χ0) is 14.5. The highest BCUT2D eigenvalue weighted by Crippen LogP contribution is 2.25. The number of hydrogen-bond acceptors (Lipinski definition) is 3.